The number of rotatable bonds is 5. The van der Waals surface area contributed by atoms with Crippen LogP contribution >= 0.6 is 12.6 Å². The first-order chi connectivity index (χ1) is 9.66. The van der Waals surface area contributed by atoms with Crippen LogP contribution in [0.1, 0.15) is 19.3 Å². The van der Waals surface area contributed by atoms with Crippen LogP contribution in [-0.2, 0) is 14.3 Å². The summed E-state index contributed by atoms with van der Waals surface area (Å²) in [6, 6.07) is 9.00. The lowest BCUT2D eigenvalue weighted by atomic mass is 10.1. The molecular formula is C14H17NO4S. The molecule has 0 spiro atoms. The molecule has 1 atom stereocenters. The van der Waals surface area contributed by atoms with Gasteiger partial charge in [-0.1, -0.05) is 18.2 Å². The topological polar surface area (TPSA) is 64.6 Å². The van der Waals surface area contributed by atoms with Gasteiger partial charge in [0.25, 0.3) is 5.72 Å². The van der Waals surface area contributed by atoms with Crippen LogP contribution in [0.4, 0.5) is 0 Å². The van der Waals surface area contributed by atoms with Gasteiger partial charge in [0.15, 0.2) is 0 Å². The number of carbonyl (C=O) groups excluding carboxylic acids is 2. The predicted molar refractivity (Wildman–Crippen MR) is 76.6 cm³/mol. The highest BCUT2D eigenvalue weighted by Crippen LogP contribution is 2.26. The first kappa shape index (κ1) is 14.9. The Balaban J connectivity index is 2.09. The average molecular weight is 295 g/mol. The Morgan fingerprint density at radius 2 is 2.05 bits per heavy atom. The smallest absolute Gasteiger partial charge is 0.373 e. The van der Waals surface area contributed by atoms with Gasteiger partial charge < -0.3 is 9.47 Å². The molecule has 0 saturated carbocycles. The molecule has 1 aliphatic rings. The van der Waals surface area contributed by atoms with Crippen LogP contribution in [0.15, 0.2) is 30.3 Å². The fourth-order valence-electron chi connectivity index (χ4n) is 2.04. The molecule has 1 heterocycles. The van der Waals surface area contributed by atoms with E-state index in [1.807, 2.05) is 18.2 Å². The van der Waals surface area contributed by atoms with Crippen molar-refractivity contribution in [3.05, 3.63) is 30.3 Å². The largest absolute Gasteiger partial charge is 0.461 e. The Hall–Kier alpha value is -1.53. The van der Waals surface area contributed by atoms with Crippen molar-refractivity contribution in [2.75, 3.05) is 12.3 Å². The lowest BCUT2D eigenvalue weighted by Crippen LogP contribution is -2.54. The third-order valence-electron chi connectivity index (χ3n) is 3.00. The minimum absolute atomic E-state index is 0.0935. The Morgan fingerprint density at radius 1 is 1.30 bits per heavy atom. The standard InChI is InChI=1S/C14H17NO4S/c16-12(7-10-20)18-13(17)14(8-4-9-15-14)19-11-5-2-1-3-6-11/h1-3,5-6,15,20H,4,7-10H2/t14-/m1/s1. The van der Waals surface area contributed by atoms with Crippen molar-refractivity contribution in [2.45, 2.75) is 25.0 Å². The van der Waals surface area contributed by atoms with E-state index in [2.05, 4.69) is 17.9 Å². The average Bonchev–Trinajstić information content (AvgIpc) is 2.90. The maximum Gasteiger partial charge on any atom is 0.373 e. The van der Waals surface area contributed by atoms with E-state index in [4.69, 9.17) is 9.47 Å². The number of hydrogen-bond donors (Lipinski definition) is 2. The quantitative estimate of drug-likeness (QED) is 0.490. The monoisotopic (exact) mass is 295 g/mol. The fraction of sp³-hybridized carbons (Fsp3) is 0.429. The van der Waals surface area contributed by atoms with Crippen molar-refractivity contribution >= 4 is 24.6 Å². The molecule has 108 valence electrons. The van der Waals surface area contributed by atoms with Gasteiger partial charge in [-0.3, -0.25) is 10.1 Å². The minimum Gasteiger partial charge on any atom is -0.461 e. The predicted octanol–water partition coefficient (Wildman–Crippen LogP) is 1.53. The summed E-state index contributed by atoms with van der Waals surface area (Å²) in [6.45, 7) is 0.642. The Bertz CT molecular complexity index is 471. The molecule has 5 nitrogen and oxygen atoms in total. The SMILES string of the molecule is O=C(CCS)OC(=O)[C@]1(Oc2ccccc2)CCCN1. The zero-order valence-corrected chi connectivity index (χ0v) is 11.9. The van der Waals surface area contributed by atoms with Gasteiger partial charge >= 0.3 is 11.9 Å². The van der Waals surface area contributed by atoms with Gasteiger partial charge in [-0.15, -0.1) is 0 Å². The lowest BCUT2D eigenvalue weighted by Gasteiger charge is -2.27. The number of para-hydroxylation sites is 1. The minimum atomic E-state index is -1.27. The molecular weight excluding hydrogens is 278 g/mol. The van der Waals surface area contributed by atoms with Crippen molar-refractivity contribution in [2.24, 2.45) is 0 Å². The molecule has 0 amide bonds. The zero-order chi connectivity index (χ0) is 14.4. The van der Waals surface area contributed by atoms with E-state index < -0.39 is 17.7 Å². The summed E-state index contributed by atoms with van der Waals surface area (Å²) < 4.78 is 10.6. The molecule has 1 aliphatic heterocycles. The van der Waals surface area contributed by atoms with Gasteiger partial charge in [0.1, 0.15) is 5.75 Å². The van der Waals surface area contributed by atoms with Crippen molar-refractivity contribution in [3.63, 3.8) is 0 Å². The van der Waals surface area contributed by atoms with Crippen LogP contribution in [0.5, 0.6) is 5.75 Å². The third-order valence-corrected chi connectivity index (χ3v) is 3.23. The van der Waals surface area contributed by atoms with E-state index in [0.29, 0.717) is 24.5 Å². The number of esters is 2. The second kappa shape index (κ2) is 6.76. The summed E-state index contributed by atoms with van der Waals surface area (Å²) in [4.78, 5) is 23.6. The summed E-state index contributed by atoms with van der Waals surface area (Å²) in [5.41, 5.74) is -1.27. The maximum atomic E-state index is 12.2. The summed E-state index contributed by atoms with van der Waals surface area (Å²) in [5, 5.41) is 3.00. The molecule has 6 heteroatoms. The molecule has 0 aromatic heterocycles. The number of hydrogen-bond acceptors (Lipinski definition) is 6. The Morgan fingerprint density at radius 3 is 2.65 bits per heavy atom. The van der Waals surface area contributed by atoms with Crippen LogP contribution in [-0.4, -0.2) is 30.0 Å². The zero-order valence-electron chi connectivity index (χ0n) is 11.0. The van der Waals surface area contributed by atoms with Crippen LogP contribution in [0.2, 0.25) is 0 Å². The van der Waals surface area contributed by atoms with E-state index in [1.54, 1.807) is 12.1 Å². The summed E-state index contributed by atoms with van der Waals surface area (Å²) >= 11 is 3.93. The maximum absolute atomic E-state index is 12.2. The summed E-state index contributed by atoms with van der Waals surface area (Å²) in [5.74, 6) is -0.382. The summed E-state index contributed by atoms with van der Waals surface area (Å²) in [7, 11) is 0. The highest BCUT2D eigenvalue weighted by molar-refractivity contribution is 7.80. The van der Waals surface area contributed by atoms with E-state index in [9.17, 15) is 9.59 Å². The third kappa shape index (κ3) is 3.52. The summed E-state index contributed by atoms with van der Waals surface area (Å²) in [6.07, 6.45) is 1.34. The molecule has 1 N–H and O–H groups in total. The van der Waals surface area contributed by atoms with Gasteiger partial charge in [0, 0.05) is 12.2 Å². The lowest BCUT2D eigenvalue weighted by molar-refractivity contribution is -0.173. The number of thiol groups is 1. The number of ether oxygens (including phenoxy) is 2. The van der Waals surface area contributed by atoms with Crippen molar-refractivity contribution in [1.29, 1.82) is 0 Å². The van der Waals surface area contributed by atoms with Gasteiger partial charge in [-0.05, 0) is 25.1 Å². The molecule has 1 aromatic carbocycles. The van der Waals surface area contributed by atoms with E-state index in [1.165, 1.54) is 0 Å². The molecule has 0 unspecified atom stereocenters. The molecule has 0 radical (unpaired) electrons. The van der Waals surface area contributed by atoms with Crippen LogP contribution in [0.3, 0.4) is 0 Å². The highest BCUT2D eigenvalue weighted by Gasteiger charge is 2.46. The second-order valence-electron chi connectivity index (χ2n) is 4.51. The fourth-order valence-corrected chi connectivity index (χ4v) is 2.22. The highest BCUT2D eigenvalue weighted by atomic mass is 32.1. The first-order valence-electron chi connectivity index (χ1n) is 6.51. The van der Waals surface area contributed by atoms with Crippen molar-refractivity contribution in [3.8, 4) is 5.75 Å². The van der Waals surface area contributed by atoms with Gasteiger partial charge in [-0.25, -0.2) is 4.79 Å². The normalized spacial score (nSPS) is 21.4. The molecule has 0 bridgehead atoms. The van der Waals surface area contributed by atoms with E-state index in [0.717, 1.165) is 6.42 Å². The molecule has 20 heavy (non-hydrogen) atoms. The van der Waals surface area contributed by atoms with Crippen LogP contribution in [0, 0.1) is 0 Å². The molecule has 2 rings (SSSR count). The number of carbonyl (C=O) groups is 2. The van der Waals surface area contributed by atoms with Crippen LogP contribution < -0.4 is 10.1 Å². The second-order valence-corrected chi connectivity index (χ2v) is 4.95. The van der Waals surface area contributed by atoms with Crippen LogP contribution in [0.25, 0.3) is 0 Å². The number of benzene rings is 1. The number of nitrogens with one attached hydrogen (secondary N) is 1. The Labute approximate surface area is 123 Å². The molecule has 1 fully saturated rings. The van der Waals surface area contributed by atoms with E-state index >= 15 is 0 Å². The molecule has 1 saturated heterocycles. The van der Waals surface area contributed by atoms with Gasteiger partial charge in [0.2, 0.25) is 0 Å². The molecule has 1 aromatic rings. The Kier molecular flexibility index (Phi) is 5.03. The van der Waals surface area contributed by atoms with E-state index in [-0.39, 0.29) is 6.42 Å². The van der Waals surface area contributed by atoms with Crippen molar-refractivity contribution < 1.29 is 19.1 Å². The van der Waals surface area contributed by atoms with Crippen molar-refractivity contribution in [1.82, 2.24) is 5.32 Å². The van der Waals surface area contributed by atoms with Gasteiger partial charge in [-0.2, -0.15) is 12.6 Å². The first-order valence-corrected chi connectivity index (χ1v) is 7.14. The van der Waals surface area contributed by atoms with Gasteiger partial charge in [0.05, 0.1) is 6.42 Å². The molecule has 0 aliphatic carbocycles.